The summed E-state index contributed by atoms with van der Waals surface area (Å²) in [6.45, 7) is 2.19. The molecule has 0 radical (unpaired) electrons. The van der Waals surface area contributed by atoms with Crippen LogP contribution in [0.3, 0.4) is 0 Å². The standard InChI is InChI=1S/C15H19ClN2O3/c1-11-5-7-15(10-16,8-6-11)17-14(19)12-3-2-4-13(9-12)18(20)21/h2-4,9,11H,5-8,10H2,1H3,(H,17,19). The Bertz CT molecular complexity index is 539. The lowest BCUT2D eigenvalue weighted by Crippen LogP contribution is -2.52. The molecule has 1 saturated carbocycles. The summed E-state index contributed by atoms with van der Waals surface area (Å²) < 4.78 is 0. The first kappa shape index (κ1) is 15.8. The fourth-order valence-electron chi connectivity index (χ4n) is 2.68. The largest absolute Gasteiger partial charge is 0.345 e. The SMILES string of the molecule is CC1CCC(CCl)(NC(=O)c2cccc([N+](=O)[O-])c2)CC1. The van der Waals surface area contributed by atoms with E-state index in [4.69, 9.17) is 11.6 Å². The number of halogens is 1. The molecule has 2 rings (SSSR count). The summed E-state index contributed by atoms with van der Waals surface area (Å²) in [5.41, 5.74) is -0.178. The van der Waals surface area contributed by atoms with Gasteiger partial charge in [0.1, 0.15) is 0 Å². The normalized spacial score (nSPS) is 25.3. The first-order valence-electron chi connectivity index (χ1n) is 7.09. The lowest BCUT2D eigenvalue weighted by Gasteiger charge is -2.38. The Hall–Kier alpha value is -1.62. The maximum atomic E-state index is 12.3. The first-order valence-corrected chi connectivity index (χ1v) is 7.62. The molecule has 0 unspecified atom stereocenters. The van der Waals surface area contributed by atoms with Crippen LogP contribution >= 0.6 is 11.6 Å². The predicted molar refractivity (Wildman–Crippen MR) is 81.6 cm³/mol. The minimum absolute atomic E-state index is 0.0835. The van der Waals surface area contributed by atoms with Crippen LogP contribution in [0.25, 0.3) is 0 Å². The Balaban J connectivity index is 2.13. The molecule has 5 nitrogen and oxygen atoms in total. The van der Waals surface area contributed by atoms with Gasteiger partial charge in [-0.2, -0.15) is 0 Å². The smallest absolute Gasteiger partial charge is 0.270 e. The van der Waals surface area contributed by atoms with Gasteiger partial charge in [0.05, 0.1) is 10.5 Å². The Labute approximate surface area is 128 Å². The zero-order chi connectivity index (χ0) is 15.5. The van der Waals surface area contributed by atoms with E-state index in [2.05, 4.69) is 12.2 Å². The van der Waals surface area contributed by atoms with E-state index in [9.17, 15) is 14.9 Å². The van der Waals surface area contributed by atoms with E-state index in [1.165, 1.54) is 18.2 Å². The van der Waals surface area contributed by atoms with Gasteiger partial charge in [0.15, 0.2) is 0 Å². The number of carbonyl (C=O) groups excluding carboxylic acids is 1. The number of benzene rings is 1. The molecule has 0 bridgehead atoms. The van der Waals surface area contributed by atoms with Crippen molar-refractivity contribution in [3.8, 4) is 0 Å². The van der Waals surface area contributed by atoms with E-state index in [0.717, 1.165) is 25.7 Å². The average molecular weight is 311 g/mol. The molecule has 0 atom stereocenters. The maximum absolute atomic E-state index is 12.3. The molecule has 0 aromatic heterocycles. The zero-order valence-electron chi connectivity index (χ0n) is 12.0. The number of nitrogens with zero attached hydrogens (tertiary/aromatic N) is 1. The Kier molecular flexibility index (Phi) is 4.83. The summed E-state index contributed by atoms with van der Waals surface area (Å²) in [6.07, 6.45) is 3.75. The second kappa shape index (κ2) is 6.43. The quantitative estimate of drug-likeness (QED) is 0.525. The van der Waals surface area contributed by atoms with Crippen LogP contribution < -0.4 is 5.32 Å². The number of nitrogens with one attached hydrogen (secondary N) is 1. The topological polar surface area (TPSA) is 72.2 Å². The number of non-ortho nitro benzene ring substituents is 1. The second-order valence-corrected chi connectivity index (χ2v) is 6.13. The van der Waals surface area contributed by atoms with Crippen molar-refractivity contribution in [2.75, 3.05) is 5.88 Å². The van der Waals surface area contributed by atoms with Gasteiger partial charge < -0.3 is 5.32 Å². The van der Waals surface area contributed by atoms with Crippen LogP contribution in [0.4, 0.5) is 5.69 Å². The van der Waals surface area contributed by atoms with Gasteiger partial charge in [-0.3, -0.25) is 14.9 Å². The number of nitro groups is 1. The Morgan fingerprint density at radius 1 is 1.48 bits per heavy atom. The van der Waals surface area contributed by atoms with Crippen LogP contribution in [-0.2, 0) is 0 Å². The number of amides is 1. The van der Waals surface area contributed by atoms with Crippen molar-refractivity contribution in [1.29, 1.82) is 0 Å². The highest BCUT2D eigenvalue weighted by molar-refractivity contribution is 6.19. The summed E-state index contributed by atoms with van der Waals surface area (Å²) in [6, 6.07) is 5.76. The maximum Gasteiger partial charge on any atom is 0.270 e. The molecule has 1 aliphatic carbocycles. The van der Waals surface area contributed by atoms with E-state index < -0.39 is 10.5 Å². The molecule has 0 aliphatic heterocycles. The van der Waals surface area contributed by atoms with E-state index in [1.54, 1.807) is 6.07 Å². The highest BCUT2D eigenvalue weighted by Gasteiger charge is 2.35. The molecule has 1 aliphatic rings. The van der Waals surface area contributed by atoms with Crippen LogP contribution in [0, 0.1) is 16.0 Å². The van der Waals surface area contributed by atoms with E-state index in [1.807, 2.05) is 0 Å². The van der Waals surface area contributed by atoms with Crippen LogP contribution in [-0.4, -0.2) is 22.2 Å². The first-order chi connectivity index (χ1) is 9.96. The monoisotopic (exact) mass is 310 g/mol. The summed E-state index contributed by atoms with van der Waals surface area (Å²) in [4.78, 5) is 22.6. The lowest BCUT2D eigenvalue weighted by atomic mass is 9.78. The molecule has 21 heavy (non-hydrogen) atoms. The number of carbonyl (C=O) groups is 1. The fraction of sp³-hybridized carbons (Fsp3) is 0.533. The predicted octanol–water partition coefficient (Wildman–Crippen LogP) is 3.51. The summed E-state index contributed by atoms with van der Waals surface area (Å²) in [5.74, 6) is 0.713. The van der Waals surface area contributed by atoms with Gasteiger partial charge in [-0.1, -0.05) is 13.0 Å². The molecule has 0 heterocycles. The van der Waals surface area contributed by atoms with Crippen LogP contribution in [0.1, 0.15) is 43.0 Å². The second-order valence-electron chi connectivity index (χ2n) is 5.86. The molecule has 1 aromatic rings. The molecule has 1 N–H and O–H groups in total. The van der Waals surface area contributed by atoms with Crippen molar-refractivity contribution in [3.05, 3.63) is 39.9 Å². The summed E-state index contributed by atoms with van der Waals surface area (Å²) >= 11 is 6.08. The lowest BCUT2D eigenvalue weighted by molar-refractivity contribution is -0.384. The number of rotatable bonds is 4. The minimum Gasteiger partial charge on any atom is -0.345 e. The van der Waals surface area contributed by atoms with Crippen molar-refractivity contribution in [3.63, 3.8) is 0 Å². The molecule has 1 fully saturated rings. The van der Waals surface area contributed by atoms with Crippen LogP contribution in [0.15, 0.2) is 24.3 Å². The van der Waals surface area contributed by atoms with Gasteiger partial charge in [-0.05, 0) is 37.7 Å². The average Bonchev–Trinajstić information content (AvgIpc) is 2.50. The van der Waals surface area contributed by atoms with Gasteiger partial charge >= 0.3 is 0 Å². The Morgan fingerprint density at radius 3 is 2.71 bits per heavy atom. The number of alkyl halides is 1. The van der Waals surface area contributed by atoms with E-state index >= 15 is 0 Å². The zero-order valence-corrected chi connectivity index (χ0v) is 12.7. The molecule has 6 heteroatoms. The van der Waals surface area contributed by atoms with Gasteiger partial charge in [0.25, 0.3) is 11.6 Å². The molecular weight excluding hydrogens is 292 g/mol. The van der Waals surface area contributed by atoms with E-state index in [0.29, 0.717) is 17.4 Å². The third-order valence-electron chi connectivity index (χ3n) is 4.19. The van der Waals surface area contributed by atoms with Crippen molar-refractivity contribution < 1.29 is 9.72 Å². The fourth-order valence-corrected chi connectivity index (χ4v) is 3.01. The van der Waals surface area contributed by atoms with Gasteiger partial charge in [-0.25, -0.2) is 0 Å². The minimum atomic E-state index is -0.504. The Morgan fingerprint density at radius 2 is 2.14 bits per heavy atom. The summed E-state index contributed by atoms with van der Waals surface area (Å²) in [5, 5.41) is 13.8. The summed E-state index contributed by atoms with van der Waals surface area (Å²) in [7, 11) is 0. The third-order valence-corrected chi connectivity index (χ3v) is 4.70. The highest BCUT2D eigenvalue weighted by Crippen LogP contribution is 2.33. The molecular formula is C15H19ClN2O3. The molecule has 1 aromatic carbocycles. The van der Waals surface area contributed by atoms with Gasteiger partial charge in [0.2, 0.25) is 0 Å². The molecule has 114 valence electrons. The molecule has 1 amide bonds. The van der Waals surface area contributed by atoms with Gasteiger partial charge in [0, 0.05) is 23.6 Å². The van der Waals surface area contributed by atoms with Crippen molar-refractivity contribution in [1.82, 2.24) is 5.32 Å². The molecule has 0 spiro atoms. The number of hydrogen-bond acceptors (Lipinski definition) is 3. The van der Waals surface area contributed by atoms with E-state index in [-0.39, 0.29) is 11.6 Å². The van der Waals surface area contributed by atoms with Crippen molar-refractivity contribution in [2.45, 2.75) is 38.1 Å². The highest BCUT2D eigenvalue weighted by atomic mass is 35.5. The van der Waals surface area contributed by atoms with Crippen LogP contribution in [0.5, 0.6) is 0 Å². The third kappa shape index (κ3) is 3.73. The molecule has 0 saturated heterocycles. The number of nitro benzene ring substituents is 1. The van der Waals surface area contributed by atoms with Crippen molar-refractivity contribution in [2.24, 2.45) is 5.92 Å². The van der Waals surface area contributed by atoms with Crippen LogP contribution in [0.2, 0.25) is 0 Å². The van der Waals surface area contributed by atoms with Gasteiger partial charge in [-0.15, -0.1) is 11.6 Å². The number of hydrogen-bond donors (Lipinski definition) is 1. The van der Waals surface area contributed by atoms with Crippen molar-refractivity contribution >= 4 is 23.2 Å².